The third kappa shape index (κ3) is 3.69. The van der Waals surface area contributed by atoms with Crippen LogP contribution in [-0.2, 0) is 0 Å². The van der Waals surface area contributed by atoms with E-state index in [1.54, 1.807) is 6.20 Å². The molecule has 4 N–H and O–H groups in total. The molecule has 4 atom stereocenters. The van der Waals surface area contributed by atoms with E-state index in [0.29, 0.717) is 47.2 Å². The van der Waals surface area contributed by atoms with E-state index in [1.807, 2.05) is 0 Å². The van der Waals surface area contributed by atoms with Gasteiger partial charge in [-0.1, -0.05) is 6.42 Å². The highest BCUT2D eigenvalue weighted by atomic mass is 15.2. The van der Waals surface area contributed by atoms with Gasteiger partial charge in [0.1, 0.15) is 17.5 Å². The van der Waals surface area contributed by atoms with Gasteiger partial charge in [0.05, 0.1) is 6.20 Å². The number of nitrogens with zero attached hydrogens (tertiary/aromatic N) is 3. The molecule has 1 aromatic heterocycles. The van der Waals surface area contributed by atoms with Gasteiger partial charge in [-0.15, -0.1) is 0 Å². The molecule has 1 aromatic rings. The molecule has 0 amide bonds. The SMILES string of the molecule is N#Cc1cnc(NC2C3CC4CC(C3)CC2C4)nc1NCC1C[C@H]2CCC[C@@H](C1)[C@@H]2N. The fourth-order valence-electron chi connectivity index (χ4n) is 8.30. The number of fused-ring (bicyclic) bond motifs is 2. The Kier molecular flexibility index (Phi) is 5.06. The van der Waals surface area contributed by atoms with E-state index in [9.17, 15) is 5.26 Å². The van der Waals surface area contributed by atoms with Crippen molar-refractivity contribution in [1.82, 2.24) is 9.97 Å². The van der Waals surface area contributed by atoms with Crippen molar-refractivity contribution in [1.29, 1.82) is 5.26 Å². The zero-order chi connectivity index (χ0) is 20.9. The first-order valence-corrected chi connectivity index (χ1v) is 12.7. The van der Waals surface area contributed by atoms with Crippen LogP contribution in [-0.4, -0.2) is 28.6 Å². The molecule has 0 aromatic carbocycles. The average molecular weight is 421 g/mol. The highest BCUT2D eigenvalue weighted by Gasteiger charge is 2.48. The number of nitriles is 1. The Hall–Kier alpha value is -1.87. The Bertz CT molecular complexity index is 820. The number of hydrogen-bond acceptors (Lipinski definition) is 6. The van der Waals surface area contributed by atoms with Crippen LogP contribution in [0.25, 0.3) is 0 Å². The van der Waals surface area contributed by atoms with Crippen LogP contribution < -0.4 is 16.4 Å². The first-order valence-electron chi connectivity index (χ1n) is 12.7. The van der Waals surface area contributed by atoms with Crippen molar-refractivity contribution in [2.24, 2.45) is 47.2 Å². The van der Waals surface area contributed by atoms with Crippen LogP contribution in [0.5, 0.6) is 0 Å². The molecule has 1 unspecified atom stereocenters. The zero-order valence-electron chi connectivity index (χ0n) is 18.5. The van der Waals surface area contributed by atoms with Crippen molar-refractivity contribution in [3.05, 3.63) is 11.8 Å². The van der Waals surface area contributed by atoms with Crippen LogP contribution in [0, 0.1) is 52.8 Å². The van der Waals surface area contributed by atoms with Crippen molar-refractivity contribution >= 4 is 11.8 Å². The lowest BCUT2D eigenvalue weighted by Gasteiger charge is -2.54. The maximum Gasteiger partial charge on any atom is 0.224 e. The number of hydrogen-bond donors (Lipinski definition) is 3. The van der Waals surface area contributed by atoms with Gasteiger partial charge in [0.15, 0.2) is 0 Å². The predicted octanol–water partition coefficient (Wildman–Crippen LogP) is 4.15. The third-order valence-corrected chi connectivity index (χ3v) is 9.50. The predicted molar refractivity (Wildman–Crippen MR) is 121 cm³/mol. The average Bonchev–Trinajstić information content (AvgIpc) is 2.75. The number of rotatable bonds is 5. The minimum absolute atomic E-state index is 0.399. The fourth-order valence-corrected chi connectivity index (χ4v) is 8.30. The van der Waals surface area contributed by atoms with Crippen molar-refractivity contribution in [3.63, 3.8) is 0 Å². The van der Waals surface area contributed by atoms with Crippen LogP contribution in [0.15, 0.2) is 6.20 Å². The molecule has 7 rings (SSSR count). The monoisotopic (exact) mass is 420 g/mol. The van der Waals surface area contributed by atoms with Gasteiger partial charge in [0.2, 0.25) is 5.95 Å². The Balaban J connectivity index is 1.13. The van der Waals surface area contributed by atoms with E-state index >= 15 is 0 Å². The van der Waals surface area contributed by atoms with Gasteiger partial charge in [-0.2, -0.15) is 10.2 Å². The normalized spacial score (nSPS) is 42.8. The minimum Gasteiger partial charge on any atom is -0.369 e. The molecular weight excluding hydrogens is 384 g/mol. The van der Waals surface area contributed by atoms with Gasteiger partial charge in [-0.05, 0) is 99.2 Å². The van der Waals surface area contributed by atoms with Gasteiger partial charge >= 0.3 is 0 Å². The highest BCUT2D eigenvalue weighted by molar-refractivity contribution is 5.53. The third-order valence-electron chi connectivity index (χ3n) is 9.50. The lowest BCUT2D eigenvalue weighted by molar-refractivity contribution is 0.00729. The molecule has 0 saturated heterocycles. The topological polar surface area (TPSA) is 99.6 Å². The first kappa shape index (κ1) is 19.8. The van der Waals surface area contributed by atoms with Gasteiger partial charge in [-0.3, -0.25) is 0 Å². The number of nitrogens with one attached hydrogen (secondary N) is 2. The molecular formula is C25H36N6. The summed E-state index contributed by atoms with van der Waals surface area (Å²) in [6, 6.07) is 3.18. The lowest BCUT2D eigenvalue weighted by Crippen LogP contribution is -2.51. The van der Waals surface area contributed by atoms with Crippen molar-refractivity contribution in [2.45, 2.75) is 76.3 Å². The Labute approximate surface area is 185 Å². The van der Waals surface area contributed by atoms with Crippen molar-refractivity contribution < 1.29 is 0 Å². The van der Waals surface area contributed by atoms with Gasteiger partial charge in [-0.25, -0.2) is 4.98 Å². The van der Waals surface area contributed by atoms with Crippen LogP contribution in [0.1, 0.15) is 69.8 Å². The second kappa shape index (κ2) is 7.92. The summed E-state index contributed by atoms with van der Waals surface area (Å²) in [5.74, 6) is 6.84. The van der Waals surface area contributed by atoms with E-state index in [2.05, 4.69) is 21.7 Å². The molecule has 6 aliphatic rings. The van der Waals surface area contributed by atoms with E-state index in [-0.39, 0.29) is 0 Å². The second-order valence-corrected chi connectivity index (χ2v) is 11.4. The largest absolute Gasteiger partial charge is 0.369 e. The smallest absolute Gasteiger partial charge is 0.224 e. The van der Waals surface area contributed by atoms with Gasteiger partial charge < -0.3 is 16.4 Å². The maximum atomic E-state index is 9.59. The zero-order valence-corrected chi connectivity index (χ0v) is 18.5. The molecule has 31 heavy (non-hydrogen) atoms. The highest BCUT2D eigenvalue weighted by Crippen LogP contribution is 2.54. The summed E-state index contributed by atoms with van der Waals surface area (Å²) in [7, 11) is 0. The van der Waals surface area contributed by atoms with Gasteiger partial charge in [0.25, 0.3) is 0 Å². The summed E-state index contributed by atoms with van der Waals surface area (Å²) >= 11 is 0. The Morgan fingerprint density at radius 2 is 1.65 bits per heavy atom. The summed E-state index contributed by atoms with van der Waals surface area (Å²) in [6.07, 6.45) is 15.0. The van der Waals surface area contributed by atoms with E-state index < -0.39 is 0 Å². The summed E-state index contributed by atoms with van der Waals surface area (Å²) < 4.78 is 0. The van der Waals surface area contributed by atoms with E-state index in [1.165, 1.54) is 64.2 Å². The molecule has 1 heterocycles. The van der Waals surface area contributed by atoms with Crippen LogP contribution >= 0.6 is 0 Å². The minimum atomic E-state index is 0.399. The molecule has 6 fully saturated rings. The lowest BCUT2D eigenvalue weighted by atomic mass is 9.54. The molecule has 6 bridgehead atoms. The van der Waals surface area contributed by atoms with Crippen molar-refractivity contribution in [2.75, 3.05) is 17.2 Å². The second-order valence-electron chi connectivity index (χ2n) is 11.4. The molecule has 6 aliphatic carbocycles. The first-order chi connectivity index (χ1) is 15.2. The van der Waals surface area contributed by atoms with E-state index in [0.717, 1.165) is 30.2 Å². The van der Waals surface area contributed by atoms with Gasteiger partial charge in [0, 0.05) is 18.6 Å². The fraction of sp³-hybridized carbons (Fsp3) is 0.800. The maximum absolute atomic E-state index is 9.59. The number of aromatic nitrogens is 2. The number of anilines is 2. The summed E-state index contributed by atoms with van der Waals surface area (Å²) in [5, 5.41) is 16.8. The van der Waals surface area contributed by atoms with Crippen LogP contribution in [0.2, 0.25) is 0 Å². The van der Waals surface area contributed by atoms with E-state index in [4.69, 9.17) is 10.7 Å². The summed E-state index contributed by atoms with van der Waals surface area (Å²) in [4.78, 5) is 9.30. The number of nitrogens with two attached hydrogens (primary N) is 1. The quantitative estimate of drug-likeness (QED) is 0.662. The molecule has 6 nitrogen and oxygen atoms in total. The Morgan fingerprint density at radius 1 is 0.968 bits per heavy atom. The summed E-state index contributed by atoms with van der Waals surface area (Å²) in [5.41, 5.74) is 7.01. The molecule has 0 aliphatic heterocycles. The standard InChI is InChI=1S/C25H36N6/c26-11-21-13-29-25(30-23-19-5-14-4-15(7-19)8-20(23)6-14)31-24(21)28-12-16-9-17-2-1-3-18(10-16)22(17)27/h13-20,22-23H,1-10,12,27H2,(H2,28,29,30,31)/t14?,15?,16?,17-,18+,19?,20?,22-,23?. The molecule has 6 heteroatoms. The van der Waals surface area contributed by atoms with Crippen LogP contribution in [0.4, 0.5) is 11.8 Å². The van der Waals surface area contributed by atoms with Crippen LogP contribution in [0.3, 0.4) is 0 Å². The molecule has 0 spiro atoms. The summed E-state index contributed by atoms with van der Waals surface area (Å²) in [6.45, 7) is 0.878. The molecule has 6 saturated carbocycles. The van der Waals surface area contributed by atoms with Crippen molar-refractivity contribution in [3.8, 4) is 6.07 Å². The molecule has 0 radical (unpaired) electrons. The molecule has 166 valence electrons. The Morgan fingerprint density at radius 3 is 2.29 bits per heavy atom.